The molecule has 1 heterocycles. The Hall–Kier alpha value is -3.54. The highest BCUT2D eigenvalue weighted by Gasteiger charge is 2.12. The average molecular weight is 335 g/mol. The number of carbonyl (C=O) groups excluding carboxylic acids is 2. The third-order valence-electron chi connectivity index (χ3n) is 3.37. The molecule has 2 N–H and O–H groups in total. The Morgan fingerprint density at radius 1 is 0.800 bits per heavy atom. The minimum atomic E-state index is -0.528. The smallest absolute Gasteiger partial charge is 0.274 e. The minimum absolute atomic E-state index is 0.0602. The molecule has 5 nitrogen and oxygen atoms in total. The van der Waals surface area contributed by atoms with Crippen LogP contribution in [-0.2, 0) is 0 Å². The fraction of sp³-hybridized carbons (Fsp3) is 0. The number of nitrogens with zero attached hydrogens (tertiary/aromatic N) is 1. The number of hydrogen-bond donors (Lipinski definition) is 2. The molecule has 0 aliphatic rings. The van der Waals surface area contributed by atoms with Gasteiger partial charge in [-0.15, -0.1) is 0 Å². The molecule has 0 aliphatic heterocycles. The summed E-state index contributed by atoms with van der Waals surface area (Å²) in [6, 6.07) is 17.4. The molecule has 0 saturated heterocycles. The molecule has 2 aromatic carbocycles. The molecule has 3 aromatic rings. The summed E-state index contributed by atoms with van der Waals surface area (Å²) in [4.78, 5) is 28.5. The van der Waals surface area contributed by atoms with Gasteiger partial charge in [0.05, 0.1) is 0 Å². The van der Waals surface area contributed by atoms with Gasteiger partial charge < -0.3 is 10.6 Å². The van der Waals surface area contributed by atoms with Crippen LogP contribution in [0.5, 0.6) is 0 Å². The van der Waals surface area contributed by atoms with Gasteiger partial charge in [0.25, 0.3) is 11.8 Å². The first-order valence-electron chi connectivity index (χ1n) is 7.51. The van der Waals surface area contributed by atoms with Crippen molar-refractivity contribution < 1.29 is 14.0 Å². The fourth-order valence-electron chi connectivity index (χ4n) is 2.18. The standard InChI is InChI=1S/C19H14FN3O2/c20-14-5-4-8-16(12-14)23-19(25)17-11-13(9-10-21-17)18(24)22-15-6-2-1-3-7-15/h1-12H,(H,22,24)(H,23,25). The number of aromatic nitrogens is 1. The predicted octanol–water partition coefficient (Wildman–Crippen LogP) is 3.73. The molecule has 0 aliphatic carbocycles. The van der Waals surface area contributed by atoms with Crippen LogP contribution in [0.2, 0.25) is 0 Å². The van der Waals surface area contributed by atoms with Gasteiger partial charge in [-0.2, -0.15) is 0 Å². The number of benzene rings is 2. The number of para-hydroxylation sites is 1. The Bertz CT molecular complexity index is 913. The highest BCUT2D eigenvalue weighted by atomic mass is 19.1. The van der Waals surface area contributed by atoms with Crippen molar-refractivity contribution in [1.82, 2.24) is 4.98 Å². The van der Waals surface area contributed by atoms with Gasteiger partial charge in [-0.05, 0) is 42.5 Å². The van der Waals surface area contributed by atoms with Gasteiger partial charge in [0.2, 0.25) is 0 Å². The molecule has 0 atom stereocenters. The number of anilines is 2. The van der Waals surface area contributed by atoms with E-state index in [1.54, 1.807) is 30.3 Å². The lowest BCUT2D eigenvalue weighted by molar-refractivity contribution is 0.102. The molecule has 0 spiro atoms. The first-order chi connectivity index (χ1) is 12.1. The van der Waals surface area contributed by atoms with E-state index in [1.165, 1.54) is 36.5 Å². The maximum atomic E-state index is 13.2. The van der Waals surface area contributed by atoms with Crippen LogP contribution in [0.4, 0.5) is 15.8 Å². The number of hydrogen-bond acceptors (Lipinski definition) is 3. The Balaban J connectivity index is 1.74. The van der Waals surface area contributed by atoms with E-state index in [0.717, 1.165) is 0 Å². The second kappa shape index (κ2) is 7.35. The predicted molar refractivity (Wildman–Crippen MR) is 93.0 cm³/mol. The second-order valence-corrected chi connectivity index (χ2v) is 5.21. The van der Waals surface area contributed by atoms with E-state index in [4.69, 9.17) is 0 Å². The zero-order valence-corrected chi connectivity index (χ0v) is 13.1. The van der Waals surface area contributed by atoms with Crippen LogP contribution < -0.4 is 10.6 Å². The Labute approximate surface area is 143 Å². The molecule has 0 fully saturated rings. The molecular weight excluding hydrogens is 321 g/mol. The summed E-state index contributed by atoms with van der Waals surface area (Å²) < 4.78 is 13.2. The molecule has 0 saturated carbocycles. The summed E-state index contributed by atoms with van der Waals surface area (Å²) in [7, 11) is 0. The highest BCUT2D eigenvalue weighted by Crippen LogP contribution is 2.12. The zero-order valence-electron chi connectivity index (χ0n) is 13.1. The highest BCUT2D eigenvalue weighted by molar-refractivity contribution is 6.07. The maximum absolute atomic E-state index is 13.2. The van der Waals surface area contributed by atoms with Crippen LogP contribution in [0.1, 0.15) is 20.8 Å². The van der Waals surface area contributed by atoms with Gasteiger partial charge in [-0.25, -0.2) is 4.39 Å². The molecule has 3 rings (SSSR count). The van der Waals surface area contributed by atoms with E-state index in [1.807, 2.05) is 6.07 Å². The number of amides is 2. The van der Waals surface area contributed by atoms with Crippen molar-refractivity contribution in [1.29, 1.82) is 0 Å². The summed E-state index contributed by atoms with van der Waals surface area (Å²) in [6.45, 7) is 0. The number of halogens is 1. The maximum Gasteiger partial charge on any atom is 0.274 e. The summed E-state index contributed by atoms with van der Waals surface area (Å²) in [5.41, 5.74) is 1.31. The third kappa shape index (κ3) is 4.26. The summed E-state index contributed by atoms with van der Waals surface area (Å²) in [5.74, 6) is -1.34. The summed E-state index contributed by atoms with van der Waals surface area (Å²) >= 11 is 0. The number of nitrogens with one attached hydrogen (secondary N) is 2. The van der Waals surface area contributed by atoms with Gasteiger partial charge in [0.1, 0.15) is 11.5 Å². The van der Waals surface area contributed by atoms with Crippen LogP contribution in [0.15, 0.2) is 72.9 Å². The van der Waals surface area contributed by atoms with E-state index < -0.39 is 11.7 Å². The number of rotatable bonds is 4. The van der Waals surface area contributed by atoms with E-state index in [-0.39, 0.29) is 11.6 Å². The Morgan fingerprint density at radius 2 is 1.52 bits per heavy atom. The van der Waals surface area contributed by atoms with E-state index in [9.17, 15) is 14.0 Å². The molecule has 0 radical (unpaired) electrons. The van der Waals surface area contributed by atoms with Gasteiger partial charge in [-0.3, -0.25) is 14.6 Å². The van der Waals surface area contributed by atoms with Crippen molar-refractivity contribution in [2.24, 2.45) is 0 Å². The van der Waals surface area contributed by atoms with Crippen LogP contribution in [0.25, 0.3) is 0 Å². The summed E-state index contributed by atoms with van der Waals surface area (Å²) in [6.07, 6.45) is 1.38. The van der Waals surface area contributed by atoms with Crippen molar-refractivity contribution in [2.75, 3.05) is 10.6 Å². The SMILES string of the molecule is O=C(Nc1ccccc1)c1ccnc(C(=O)Nc2cccc(F)c2)c1. The zero-order chi connectivity index (χ0) is 17.6. The lowest BCUT2D eigenvalue weighted by atomic mass is 10.2. The topological polar surface area (TPSA) is 71.1 Å². The van der Waals surface area contributed by atoms with Crippen molar-refractivity contribution in [3.63, 3.8) is 0 Å². The van der Waals surface area contributed by atoms with Crippen LogP contribution >= 0.6 is 0 Å². The van der Waals surface area contributed by atoms with E-state index in [2.05, 4.69) is 15.6 Å². The number of carbonyl (C=O) groups is 2. The van der Waals surface area contributed by atoms with E-state index in [0.29, 0.717) is 16.9 Å². The fourth-order valence-corrected chi connectivity index (χ4v) is 2.18. The Morgan fingerprint density at radius 3 is 2.28 bits per heavy atom. The lowest BCUT2D eigenvalue weighted by Gasteiger charge is -2.07. The largest absolute Gasteiger partial charge is 0.322 e. The monoisotopic (exact) mass is 335 g/mol. The van der Waals surface area contributed by atoms with Gasteiger partial charge in [-0.1, -0.05) is 24.3 Å². The van der Waals surface area contributed by atoms with Crippen molar-refractivity contribution in [3.8, 4) is 0 Å². The van der Waals surface area contributed by atoms with Gasteiger partial charge in [0, 0.05) is 23.1 Å². The molecule has 124 valence electrons. The molecule has 0 bridgehead atoms. The lowest BCUT2D eigenvalue weighted by Crippen LogP contribution is -2.17. The molecule has 1 aromatic heterocycles. The van der Waals surface area contributed by atoms with Gasteiger partial charge in [0.15, 0.2) is 0 Å². The second-order valence-electron chi connectivity index (χ2n) is 5.21. The number of pyridine rings is 1. The van der Waals surface area contributed by atoms with Crippen LogP contribution in [-0.4, -0.2) is 16.8 Å². The van der Waals surface area contributed by atoms with Gasteiger partial charge >= 0.3 is 0 Å². The third-order valence-corrected chi connectivity index (χ3v) is 3.37. The first-order valence-corrected chi connectivity index (χ1v) is 7.51. The molecule has 0 unspecified atom stereocenters. The van der Waals surface area contributed by atoms with Crippen molar-refractivity contribution >= 4 is 23.2 Å². The van der Waals surface area contributed by atoms with Crippen LogP contribution in [0.3, 0.4) is 0 Å². The molecule has 25 heavy (non-hydrogen) atoms. The first kappa shape index (κ1) is 16.3. The molecular formula is C19H14FN3O2. The van der Waals surface area contributed by atoms with E-state index >= 15 is 0 Å². The van der Waals surface area contributed by atoms with Crippen LogP contribution in [0, 0.1) is 5.82 Å². The normalized spacial score (nSPS) is 10.1. The molecule has 6 heteroatoms. The average Bonchev–Trinajstić information content (AvgIpc) is 2.62. The van der Waals surface area contributed by atoms with Crippen molar-refractivity contribution in [2.45, 2.75) is 0 Å². The summed E-state index contributed by atoms with van der Waals surface area (Å²) in [5, 5.41) is 5.28. The minimum Gasteiger partial charge on any atom is -0.322 e. The molecule has 2 amide bonds. The quantitative estimate of drug-likeness (QED) is 0.763. The Kier molecular flexibility index (Phi) is 4.80. The van der Waals surface area contributed by atoms with Crippen molar-refractivity contribution in [3.05, 3.63) is 90.0 Å².